The van der Waals surface area contributed by atoms with Crippen LogP contribution in [-0.2, 0) is 9.84 Å². The smallest absolute Gasteiger partial charge is 0.148 e. The highest BCUT2D eigenvalue weighted by Crippen LogP contribution is 2.23. The normalized spacial score (nSPS) is 29.0. The van der Waals surface area contributed by atoms with E-state index in [0.29, 0.717) is 18.5 Å². The van der Waals surface area contributed by atoms with Crippen molar-refractivity contribution in [3.8, 4) is 0 Å². The fourth-order valence-electron chi connectivity index (χ4n) is 2.05. The molecule has 1 N–H and O–H groups in total. The van der Waals surface area contributed by atoms with E-state index in [9.17, 15) is 8.42 Å². The van der Waals surface area contributed by atoms with E-state index < -0.39 is 9.84 Å². The molecule has 84 valence electrons. The second-order valence-corrected chi connectivity index (χ2v) is 6.71. The van der Waals surface area contributed by atoms with Gasteiger partial charge in [-0.1, -0.05) is 19.8 Å². The molecular weight excluding hydrogens is 198 g/mol. The molecule has 0 spiro atoms. The quantitative estimate of drug-likeness (QED) is 0.773. The topological polar surface area (TPSA) is 46.2 Å². The maximum atomic E-state index is 10.9. The second-order valence-electron chi connectivity index (χ2n) is 4.45. The van der Waals surface area contributed by atoms with Gasteiger partial charge in [-0.05, 0) is 18.8 Å². The predicted octanol–water partition coefficient (Wildman–Crippen LogP) is 1.20. The van der Waals surface area contributed by atoms with Crippen LogP contribution in [0.5, 0.6) is 0 Å². The summed E-state index contributed by atoms with van der Waals surface area (Å²) in [5.41, 5.74) is 0. The van der Waals surface area contributed by atoms with Gasteiger partial charge in [-0.25, -0.2) is 8.42 Å². The van der Waals surface area contributed by atoms with E-state index >= 15 is 0 Å². The lowest BCUT2D eigenvalue weighted by Gasteiger charge is -2.29. The summed E-state index contributed by atoms with van der Waals surface area (Å²) in [4.78, 5) is 0. The monoisotopic (exact) mass is 219 g/mol. The Morgan fingerprint density at radius 3 is 2.50 bits per heavy atom. The van der Waals surface area contributed by atoms with Crippen molar-refractivity contribution in [1.29, 1.82) is 0 Å². The van der Waals surface area contributed by atoms with Gasteiger partial charge < -0.3 is 5.32 Å². The predicted molar refractivity (Wildman–Crippen MR) is 59.1 cm³/mol. The first-order chi connectivity index (χ1) is 6.49. The van der Waals surface area contributed by atoms with Crippen LogP contribution in [0.2, 0.25) is 0 Å². The molecule has 0 radical (unpaired) electrons. The molecule has 1 fully saturated rings. The van der Waals surface area contributed by atoms with Crippen LogP contribution in [0.25, 0.3) is 0 Å². The first kappa shape index (κ1) is 12.0. The van der Waals surface area contributed by atoms with Gasteiger partial charge in [-0.15, -0.1) is 0 Å². The lowest BCUT2D eigenvalue weighted by atomic mass is 9.86. The summed E-state index contributed by atoms with van der Waals surface area (Å²) in [6.45, 7) is 2.85. The molecule has 0 heterocycles. The molecule has 0 aromatic carbocycles. The summed E-state index contributed by atoms with van der Waals surface area (Å²) >= 11 is 0. The minimum atomic E-state index is -2.80. The van der Waals surface area contributed by atoms with Gasteiger partial charge in [0, 0.05) is 18.8 Å². The highest BCUT2D eigenvalue weighted by molar-refractivity contribution is 7.90. The molecule has 1 aliphatic rings. The van der Waals surface area contributed by atoms with Crippen LogP contribution in [0.4, 0.5) is 0 Å². The summed E-state index contributed by atoms with van der Waals surface area (Å²) in [6.07, 6.45) is 6.37. The largest absolute Gasteiger partial charge is 0.313 e. The fraction of sp³-hybridized carbons (Fsp3) is 1.00. The molecule has 0 aliphatic heterocycles. The van der Waals surface area contributed by atoms with Crippen molar-refractivity contribution in [3.05, 3.63) is 0 Å². The molecule has 1 rings (SSSR count). The van der Waals surface area contributed by atoms with Gasteiger partial charge in [-0.2, -0.15) is 0 Å². The Morgan fingerprint density at radius 2 is 1.93 bits per heavy atom. The Balaban J connectivity index is 2.23. The SMILES string of the molecule is CC1CCCCC1NCCS(C)(=O)=O. The molecule has 0 bridgehead atoms. The van der Waals surface area contributed by atoms with Gasteiger partial charge in [0.25, 0.3) is 0 Å². The van der Waals surface area contributed by atoms with Crippen molar-refractivity contribution in [3.63, 3.8) is 0 Å². The molecule has 1 saturated carbocycles. The lowest BCUT2D eigenvalue weighted by Crippen LogP contribution is -2.39. The van der Waals surface area contributed by atoms with Gasteiger partial charge in [-0.3, -0.25) is 0 Å². The third-order valence-corrected chi connectivity index (χ3v) is 3.94. The van der Waals surface area contributed by atoms with Crippen LogP contribution in [0.15, 0.2) is 0 Å². The van der Waals surface area contributed by atoms with E-state index in [1.54, 1.807) is 0 Å². The van der Waals surface area contributed by atoms with Gasteiger partial charge >= 0.3 is 0 Å². The summed E-state index contributed by atoms with van der Waals surface area (Å²) in [7, 11) is -2.80. The minimum Gasteiger partial charge on any atom is -0.313 e. The van der Waals surface area contributed by atoms with Crippen molar-refractivity contribution in [1.82, 2.24) is 5.32 Å². The average Bonchev–Trinajstić information content (AvgIpc) is 2.06. The minimum absolute atomic E-state index is 0.260. The number of hydrogen-bond acceptors (Lipinski definition) is 3. The Labute approximate surface area is 87.2 Å². The Hall–Kier alpha value is -0.0900. The number of rotatable bonds is 4. The number of sulfone groups is 1. The molecule has 2 atom stereocenters. The molecule has 3 nitrogen and oxygen atoms in total. The van der Waals surface area contributed by atoms with E-state index in [1.165, 1.54) is 31.9 Å². The molecule has 0 aromatic rings. The van der Waals surface area contributed by atoms with E-state index in [1.807, 2.05) is 0 Å². The molecular formula is C10H21NO2S. The van der Waals surface area contributed by atoms with Crippen LogP contribution in [0.1, 0.15) is 32.6 Å². The van der Waals surface area contributed by atoms with Gasteiger partial charge in [0.15, 0.2) is 0 Å². The van der Waals surface area contributed by atoms with Crippen LogP contribution in [0.3, 0.4) is 0 Å². The van der Waals surface area contributed by atoms with E-state index in [4.69, 9.17) is 0 Å². The first-order valence-electron chi connectivity index (χ1n) is 5.40. The van der Waals surface area contributed by atoms with E-state index in [-0.39, 0.29) is 5.75 Å². The van der Waals surface area contributed by atoms with E-state index in [2.05, 4.69) is 12.2 Å². The molecule has 2 unspecified atom stereocenters. The van der Waals surface area contributed by atoms with Crippen molar-refractivity contribution >= 4 is 9.84 Å². The fourth-order valence-corrected chi connectivity index (χ4v) is 2.54. The van der Waals surface area contributed by atoms with Crippen molar-refractivity contribution in [2.75, 3.05) is 18.6 Å². The van der Waals surface area contributed by atoms with Crippen LogP contribution < -0.4 is 5.32 Å². The van der Waals surface area contributed by atoms with Crippen LogP contribution in [0, 0.1) is 5.92 Å². The zero-order valence-electron chi connectivity index (χ0n) is 9.12. The highest BCUT2D eigenvalue weighted by Gasteiger charge is 2.20. The van der Waals surface area contributed by atoms with Gasteiger partial charge in [0.05, 0.1) is 5.75 Å². The number of nitrogens with one attached hydrogen (secondary N) is 1. The summed E-state index contributed by atoms with van der Waals surface area (Å²) < 4.78 is 21.8. The maximum absolute atomic E-state index is 10.9. The van der Waals surface area contributed by atoms with Crippen molar-refractivity contribution in [2.45, 2.75) is 38.6 Å². The third kappa shape index (κ3) is 4.42. The molecule has 0 amide bonds. The zero-order chi connectivity index (χ0) is 10.6. The maximum Gasteiger partial charge on any atom is 0.148 e. The van der Waals surface area contributed by atoms with Crippen molar-refractivity contribution in [2.24, 2.45) is 5.92 Å². The van der Waals surface area contributed by atoms with Gasteiger partial charge in [0.1, 0.15) is 9.84 Å². The molecule has 14 heavy (non-hydrogen) atoms. The highest BCUT2D eigenvalue weighted by atomic mass is 32.2. The lowest BCUT2D eigenvalue weighted by molar-refractivity contribution is 0.285. The standard InChI is InChI=1S/C10H21NO2S/c1-9-5-3-4-6-10(9)11-7-8-14(2,12)13/h9-11H,3-8H2,1-2H3. The third-order valence-electron chi connectivity index (χ3n) is 2.99. The van der Waals surface area contributed by atoms with Crippen LogP contribution in [-0.4, -0.2) is 33.0 Å². The van der Waals surface area contributed by atoms with Crippen molar-refractivity contribution < 1.29 is 8.42 Å². The summed E-state index contributed by atoms with van der Waals surface area (Å²) in [5.74, 6) is 0.958. The Kier molecular flexibility index (Phi) is 4.38. The molecule has 0 aromatic heterocycles. The van der Waals surface area contributed by atoms with E-state index in [0.717, 1.165) is 0 Å². The number of hydrogen-bond donors (Lipinski definition) is 1. The van der Waals surface area contributed by atoms with Crippen LogP contribution >= 0.6 is 0 Å². The second kappa shape index (κ2) is 5.12. The Morgan fingerprint density at radius 1 is 1.29 bits per heavy atom. The first-order valence-corrected chi connectivity index (χ1v) is 7.46. The zero-order valence-corrected chi connectivity index (χ0v) is 9.94. The summed E-state index contributed by atoms with van der Waals surface area (Å²) in [6, 6.07) is 0.533. The Bertz CT molecular complexity index is 261. The average molecular weight is 219 g/mol. The van der Waals surface area contributed by atoms with Gasteiger partial charge in [0.2, 0.25) is 0 Å². The molecule has 0 saturated heterocycles. The molecule has 4 heteroatoms. The molecule has 1 aliphatic carbocycles. The summed E-state index contributed by atoms with van der Waals surface area (Å²) in [5, 5.41) is 3.35.